The van der Waals surface area contributed by atoms with E-state index < -0.39 is 0 Å². The molecule has 0 atom stereocenters. The summed E-state index contributed by atoms with van der Waals surface area (Å²) in [5.41, 5.74) is 6.87. The second-order valence-corrected chi connectivity index (χ2v) is 9.60. The van der Waals surface area contributed by atoms with Crippen molar-refractivity contribution in [3.8, 4) is 28.3 Å². The van der Waals surface area contributed by atoms with E-state index in [1.54, 1.807) is 0 Å². The Morgan fingerprint density at radius 1 is 0.771 bits per heavy atom. The van der Waals surface area contributed by atoms with Crippen LogP contribution in [0.3, 0.4) is 0 Å². The number of hydrogen-bond donors (Lipinski definition) is 0. The van der Waals surface area contributed by atoms with Crippen molar-refractivity contribution in [1.82, 2.24) is 19.3 Å². The van der Waals surface area contributed by atoms with Gasteiger partial charge < -0.3 is 4.57 Å². The highest BCUT2D eigenvalue weighted by Gasteiger charge is 2.21. The quantitative estimate of drug-likeness (QED) is 0.222. The van der Waals surface area contributed by atoms with Gasteiger partial charge in [0, 0.05) is 21.3 Å². The smallest absolute Gasteiger partial charge is 0.145 e. The van der Waals surface area contributed by atoms with Gasteiger partial charge in [-0.05, 0) is 48.0 Å². The molecule has 0 radical (unpaired) electrons. The van der Waals surface area contributed by atoms with Crippen LogP contribution in [0.2, 0.25) is 5.02 Å². The monoisotopic (exact) mass is 538 g/mol. The Morgan fingerprint density at radius 2 is 1.49 bits per heavy atom. The predicted molar refractivity (Wildman–Crippen MR) is 146 cm³/mol. The second-order valence-electron chi connectivity index (χ2n) is 8.28. The highest BCUT2D eigenvalue weighted by molar-refractivity contribution is 9.10. The number of nitrogens with zero attached hydrogens (tertiary/aromatic N) is 4. The summed E-state index contributed by atoms with van der Waals surface area (Å²) in [5.74, 6) is 0.853. The lowest BCUT2D eigenvalue weighted by Gasteiger charge is -2.11. The number of hydrogen-bond acceptors (Lipinski definition) is 2. The van der Waals surface area contributed by atoms with Crippen molar-refractivity contribution >= 4 is 38.6 Å². The first kappa shape index (κ1) is 21.8. The van der Waals surface area contributed by atoms with Crippen molar-refractivity contribution in [2.45, 2.75) is 6.54 Å². The van der Waals surface area contributed by atoms with Crippen LogP contribution in [0.1, 0.15) is 5.56 Å². The highest BCUT2D eigenvalue weighted by atomic mass is 79.9. The van der Waals surface area contributed by atoms with Gasteiger partial charge in [0.1, 0.15) is 11.5 Å². The largest absolute Gasteiger partial charge is 0.319 e. The van der Waals surface area contributed by atoms with E-state index >= 15 is 0 Å². The normalized spacial score (nSPS) is 11.3. The molecule has 0 saturated heterocycles. The maximum absolute atomic E-state index is 6.56. The van der Waals surface area contributed by atoms with Crippen molar-refractivity contribution in [3.63, 3.8) is 0 Å². The van der Waals surface area contributed by atoms with Gasteiger partial charge >= 0.3 is 0 Å². The van der Waals surface area contributed by atoms with E-state index in [4.69, 9.17) is 21.7 Å². The van der Waals surface area contributed by atoms with Gasteiger partial charge in [-0.2, -0.15) is 5.10 Å². The minimum absolute atomic E-state index is 0.603. The zero-order chi connectivity index (χ0) is 23.8. The molecule has 0 saturated carbocycles. The Hall–Kier alpha value is -3.67. The van der Waals surface area contributed by atoms with E-state index in [1.165, 1.54) is 0 Å². The van der Waals surface area contributed by atoms with Crippen LogP contribution < -0.4 is 0 Å². The first-order valence-electron chi connectivity index (χ1n) is 11.3. The van der Waals surface area contributed by atoms with E-state index in [0.717, 1.165) is 54.4 Å². The maximum Gasteiger partial charge on any atom is 0.145 e. The molecule has 0 aliphatic carbocycles. The second kappa shape index (κ2) is 9.17. The van der Waals surface area contributed by atoms with Gasteiger partial charge in [-0.15, -0.1) is 0 Å². The maximum atomic E-state index is 6.56. The number of imidazole rings is 1. The minimum Gasteiger partial charge on any atom is -0.319 e. The van der Waals surface area contributed by atoms with E-state index in [9.17, 15) is 0 Å². The summed E-state index contributed by atoms with van der Waals surface area (Å²) in [5, 5.41) is 5.75. The third-order valence-electron chi connectivity index (χ3n) is 6.03. The molecule has 6 rings (SSSR count). The summed E-state index contributed by atoms with van der Waals surface area (Å²) in [4.78, 5) is 5.08. The lowest BCUT2D eigenvalue weighted by Crippen LogP contribution is -2.03. The van der Waals surface area contributed by atoms with Crippen LogP contribution in [0.25, 0.3) is 39.4 Å². The molecule has 0 spiro atoms. The Labute approximate surface area is 216 Å². The number of para-hydroxylation sites is 3. The van der Waals surface area contributed by atoms with Gasteiger partial charge in [0.05, 0.1) is 28.8 Å². The zero-order valence-electron chi connectivity index (χ0n) is 18.6. The Balaban J connectivity index is 1.60. The molecule has 4 aromatic carbocycles. The molecular weight excluding hydrogens is 520 g/mol. The third-order valence-corrected chi connectivity index (χ3v) is 6.93. The number of rotatable bonds is 5. The van der Waals surface area contributed by atoms with Gasteiger partial charge in [0.15, 0.2) is 0 Å². The number of benzene rings is 4. The van der Waals surface area contributed by atoms with Crippen LogP contribution in [-0.2, 0) is 6.54 Å². The van der Waals surface area contributed by atoms with Crippen LogP contribution >= 0.6 is 27.5 Å². The molecule has 2 aromatic heterocycles. The molecule has 0 N–H and O–H groups in total. The van der Waals surface area contributed by atoms with Crippen molar-refractivity contribution < 1.29 is 0 Å². The third kappa shape index (κ3) is 4.18. The average Bonchev–Trinajstić information content (AvgIpc) is 3.49. The SMILES string of the molecule is Clc1ccccc1Cn1c(-c2cn(-c3ccccc3)nc2-c2ccc(Br)cc2)nc2ccccc21. The highest BCUT2D eigenvalue weighted by Crippen LogP contribution is 2.35. The molecule has 0 aliphatic rings. The fourth-order valence-electron chi connectivity index (χ4n) is 4.31. The first-order valence-corrected chi connectivity index (χ1v) is 12.4. The minimum atomic E-state index is 0.603. The van der Waals surface area contributed by atoms with Crippen LogP contribution in [0, 0.1) is 0 Å². The summed E-state index contributed by atoms with van der Waals surface area (Å²) in [7, 11) is 0. The van der Waals surface area contributed by atoms with E-state index in [0.29, 0.717) is 6.54 Å². The molecule has 2 heterocycles. The molecular formula is C29H20BrClN4. The standard InChI is InChI=1S/C29H20BrClN4/c30-22-16-14-20(15-17-22)28-24(19-35(33-28)23-9-2-1-3-10-23)29-32-26-12-6-7-13-27(26)34(29)18-21-8-4-5-11-25(21)31/h1-17,19H,18H2. The van der Waals surface area contributed by atoms with Crippen molar-refractivity contribution in [2.75, 3.05) is 0 Å². The summed E-state index contributed by atoms with van der Waals surface area (Å²) < 4.78 is 5.17. The van der Waals surface area contributed by atoms with Gasteiger partial charge in [-0.3, -0.25) is 0 Å². The van der Waals surface area contributed by atoms with Crippen molar-refractivity contribution in [2.24, 2.45) is 0 Å². The summed E-state index contributed by atoms with van der Waals surface area (Å²) in [6.07, 6.45) is 2.07. The first-order chi connectivity index (χ1) is 17.2. The van der Waals surface area contributed by atoms with Crippen molar-refractivity contribution in [3.05, 3.63) is 124 Å². The van der Waals surface area contributed by atoms with Crippen molar-refractivity contribution in [1.29, 1.82) is 0 Å². The topological polar surface area (TPSA) is 35.6 Å². The average molecular weight is 540 g/mol. The van der Waals surface area contributed by atoms with Gasteiger partial charge in [-0.25, -0.2) is 9.67 Å². The zero-order valence-corrected chi connectivity index (χ0v) is 21.0. The molecule has 6 heteroatoms. The molecule has 0 fully saturated rings. The molecule has 0 bridgehead atoms. The number of fused-ring (bicyclic) bond motifs is 1. The lowest BCUT2D eigenvalue weighted by atomic mass is 10.1. The molecule has 6 aromatic rings. The Kier molecular flexibility index (Phi) is 5.72. The Morgan fingerprint density at radius 3 is 2.29 bits per heavy atom. The van der Waals surface area contributed by atoms with Crippen LogP contribution in [0.4, 0.5) is 0 Å². The van der Waals surface area contributed by atoms with Gasteiger partial charge in [0.25, 0.3) is 0 Å². The van der Waals surface area contributed by atoms with Crippen LogP contribution in [-0.4, -0.2) is 19.3 Å². The summed E-state index contributed by atoms with van der Waals surface area (Å²) >= 11 is 10.1. The van der Waals surface area contributed by atoms with E-state index in [1.807, 2.05) is 71.4 Å². The molecule has 0 unspecified atom stereocenters. The Bertz CT molecular complexity index is 1640. The molecule has 0 amide bonds. The fourth-order valence-corrected chi connectivity index (χ4v) is 4.77. The van der Waals surface area contributed by atoms with Crippen LogP contribution in [0.5, 0.6) is 0 Å². The number of aromatic nitrogens is 4. The molecule has 4 nitrogen and oxygen atoms in total. The summed E-state index contributed by atoms with van der Waals surface area (Å²) in [6.45, 7) is 0.603. The summed E-state index contributed by atoms with van der Waals surface area (Å²) in [6, 6.07) is 34.5. The molecule has 35 heavy (non-hydrogen) atoms. The molecule has 170 valence electrons. The van der Waals surface area contributed by atoms with Crippen LogP contribution in [0.15, 0.2) is 114 Å². The number of halogens is 2. The lowest BCUT2D eigenvalue weighted by molar-refractivity contribution is 0.834. The molecule has 0 aliphatic heterocycles. The van der Waals surface area contributed by atoms with Gasteiger partial charge in [-0.1, -0.05) is 88.2 Å². The predicted octanol–water partition coefficient (Wildman–Crippen LogP) is 8.02. The van der Waals surface area contributed by atoms with Gasteiger partial charge in [0.2, 0.25) is 0 Å². The van der Waals surface area contributed by atoms with E-state index in [2.05, 4.69) is 63.1 Å². The fraction of sp³-hybridized carbons (Fsp3) is 0.0345. The van der Waals surface area contributed by atoms with E-state index in [-0.39, 0.29) is 0 Å².